The minimum atomic E-state index is -0.602. The highest BCUT2D eigenvalue weighted by molar-refractivity contribution is 7.18. The summed E-state index contributed by atoms with van der Waals surface area (Å²) in [6, 6.07) is 6.62. The quantitative estimate of drug-likeness (QED) is 0.668. The van der Waals surface area contributed by atoms with Crippen LogP contribution in [0.25, 0.3) is 0 Å². The van der Waals surface area contributed by atoms with Gasteiger partial charge in [0.15, 0.2) is 6.61 Å². The number of thiophene rings is 1. The highest BCUT2D eigenvalue weighted by Crippen LogP contribution is 2.35. The SMILES string of the molecule is COC(=O)c1c(NC(=O)COc2ccc(Cl)cc2)sc(C(=O)N2CCCCC2)c1C. The Morgan fingerprint density at radius 1 is 1.13 bits per heavy atom. The third kappa shape index (κ3) is 5.12. The molecule has 1 aromatic carbocycles. The first kappa shape index (κ1) is 22.1. The van der Waals surface area contributed by atoms with Gasteiger partial charge in [-0.15, -0.1) is 11.3 Å². The van der Waals surface area contributed by atoms with E-state index in [0.29, 0.717) is 34.3 Å². The molecule has 3 rings (SSSR count). The molecule has 0 unspecified atom stereocenters. The lowest BCUT2D eigenvalue weighted by molar-refractivity contribution is -0.118. The normalized spacial score (nSPS) is 13.6. The van der Waals surface area contributed by atoms with Gasteiger partial charge in [-0.25, -0.2) is 4.79 Å². The molecule has 1 aliphatic heterocycles. The van der Waals surface area contributed by atoms with Crippen LogP contribution >= 0.6 is 22.9 Å². The lowest BCUT2D eigenvalue weighted by atomic mass is 10.1. The van der Waals surface area contributed by atoms with Crippen LogP contribution < -0.4 is 10.1 Å². The lowest BCUT2D eigenvalue weighted by Gasteiger charge is -2.26. The zero-order valence-corrected chi connectivity index (χ0v) is 18.4. The number of amides is 2. The summed E-state index contributed by atoms with van der Waals surface area (Å²) in [7, 11) is 1.26. The molecule has 1 saturated heterocycles. The van der Waals surface area contributed by atoms with E-state index in [1.54, 1.807) is 36.1 Å². The largest absolute Gasteiger partial charge is 0.484 e. The number of nitrogens with zero attached hydrogens (tertiary/aromatic N) is 1. The van der Waals surface area contributed by atoms with Crippen molar-refractivity contribution in [3.8, 4) is 5.75 Å². The highest BCUT2D eigenvalue weighted by atomic mass is 35.5. The van der Waals surface area contributed by atoms with Crippen molar-refractivity contribution in [2.75, 3.05) is 32.1 Å². The van der Waals surface area contributed by atoms with Gasteiger partial charge < -0.3 is 19.7 Å². The van der Waals surface area contributed by atoms with Gasteiger partial charge in [0.25, 0.3) is 11.8 Å². The van der Waals surface area contributed by atoms with Crippen LogP contribution in [0.5, 0.6) is 5.75 Å². The molecule has 0 atom stereocenters. The van der Waals surface area contributed by atoms with E-state index in [1.165, 1.54) is 7.11 Å². The summed E-state index contributed by atoms with van der Waals surface area (Å²) in [4.78, 5) is 39.9. The molecule has 2 heterocycles. The zero-order chi connectivity index (χ0) is 21.7. The van der Waals surface area contributed by atoms with E-state index in [1.807, 2.05) is 0 Å². The third-order valence-corrected chi connectivity index (χ3v) is 6.26. The number of benzene rings is 1. The number of methoxy groups -OCH3 is 1. The molecule has 7 nitrogen and oxygen atoms in total. The number of hydrogen-bond acceptors (Lipinski definition) is 6. The van der Waals surface area contributed by atoms with Crippen LogP contribution in [0.15, 0.2) is 24.3 Å². The van der Waals surface area contributed by atoms with E-state index >= 15 is 0 Å². The Labute approximate surface area is 183 Å². The minimum Gasteiger partial charge on any atom is -0.484 e. The van der Waals surface area contributed by atoms with Crippen molar-refractivity contribution in [3.63, 3.8) is 0 Å². The molecule has 1 fully saturated rings. The number of rotatable bonds is 6. The Hall–Kier alpha value is -2.58. The third-order valence-electron chi connectivity index (χ3n) is 4.81. The maximum atomic E-state index is 13.0. The first-order valence-electron chi connectivity index (χ1n) is 9.60. The second-order valence-electron chi connectivity index (χ2n) is 6.90. The standard InChI is InChI=1S/C21H23ClN2O5S/c1-13-17(21(27)28-2)19(30-18(13)20(26)24-10-4-3-5-11-24)23-16(25)12-29-15-8-6-14(22)7-9-15/h6-9H,3-5,10-12H2,1-2H3,(H,23,25). The summed E-state index contributed by atoms with van der Waals surface area (Å²) in [6.07, 6.45) is 3.03. The summed E-state index contributed by atoms with van der Waals surface area (Å²) in [5.74, 6) is -0.685. The van der Waals surface area contributed by atoms with Gasteiger partial charge in [-0.3, -0.25) is 9.59 Å². The van der Waals surface area contributed by atoms with Crippen molar-refractivity contribution in [1.29, 1.82) is 0 Å². The van der Waals surface area contributed by atoms with Crippen LogP contribution in [0, 0.1) is 6.92 Å². The molecule has 2 amide bonds. The number of piperidine rings is 1. The summed E-state index contributed by atoms with van der Waals surface area (Å²) in [5, 5.41) is 3.53. The van der Waals surface area contributed by atoms with Gasteiger partial charge in [0.2, 0.25) is 0 Å². The number of carbonyl (C=O) groups excluding carboxylic acids is 3. The van der Waals surface area contributed by atoms with Crippen molar-refractivity contribution >= 4 is 45.7 Å². The molecule has 0 radical (unpaired) electrons. The predicted octanol–water partition coefficient (Wildman–Crippen LogP) is 4.14. The molecule has 0 saturated carbocycles. The van der Waals surface area contributed by atoms with Crippen LogP contribution in [0.2, 0.25) is 5.02 Å². The summed E-state index contributed by atoms with van der Waals surface area (Å²) in [5.41, 5.74) is 0.707. The van der Waals surface area contributed by atoms with Crippen molar-refractivity contribution in [2.45, 2.75) is 26.2 Å². The molecule has 2 aromatic rings. The number of ether oxygens (including phenoxy) is 2. The van der Waals surface area contributed by atoms with Gasteiger partial charge in [-0.1, -0.05) is 11.6 Å². The first-order chi connectivity index (χ1) is 14.4. The fourth-order valence-electron chi connectivity index (χ4n) is 3.24. The number of hydrogen-bond donors (Lipinski definition) is 1. The molecule has 1 aromatic heterocycles. The molecule has 0 bridgehead atoms. The smallest absolute Gasteiger partial charge is 0.341 e. The average molecular weight is 451 g/mol. The lowest BCUT2D eigenvalue weighted by Crippen LogP contribution is -2.35. The predicted molar refractivity (Wildman–Crippen MR) is 116 cm³/mol. The summed E-state index contributed by atoms with van der Waals surface area (Å²) >= 11 is 6.92. The van der Waals surface area contributed by atoms with Crippen LogP contribution in [-0.2, 0) is 9.53 Å². The fourth-order valence-corrected chi connectivity index (χ4v) is 4.54. The van der Waals surface area contributed by atoms with E-state index < -0.39 is 11.9 Å². The Morgan fingerprint density at radius 2 is 1.80 bits per heavy atom. The van der Waals surface area contributed by atoms with Gasteiger partial charge in [0.1, 0.15) is 10.8 Å². The highest BCUT2D eigenvalue weighted by Gasteiger charge is 2.29. The molecule has 30 heavy (non-hydrogen) atoms. The van der Waals surface area contributed by atoms with Crippen LogP contribution in [0.1, 0.15) is 44.9 Å². The molecule has 0 aliphatic carbocycles. The number of carbonyl (C=O) groups is 3. The maximum absolute atomic E-state index is 13.0. The van der Waals surface area contributed by atoms with Crippen molar-refractivity contribution < 1.29 is 23.9 Å². The second-order valence-corrected chi connectivity index (χ2v) is 8.35. The zero-order valence-electron chi connectivity index (χ0n) is 16.8. The Bertz CT molecular complexity index is 936. The maximum Gasteiger partial charge on any atom is 0.341 e. The number of nitrogens with one attached hydrogen (secondary N) is 1. The number of anilines is 1. The monoisotopic (exact) mass is 450 g/mol. The van der Waals surface area contributed by atoms with E-state index in [4.69, 9.17) is 21.1 Å². The topological polar surface area (TPSA) is 84.9 Å². The Morgan fingerprint density at radius 3 is 2.43 bits per heavy atom. The molecule has 1 aliphatic rings. The average Bonchev–Trinajstić information content (AvgIpc) is 3.08. The van der Waals surface area contributed by atoms with Gasteiger partial charge in [0.05, 0.1) is 17.6 Å². The molecule has 9 heteroatoms. The van der Waals surface area contributed by atoms with E-state index in [0.717, 1.165) is 30.6 Å². The van der Waals surface area contributed by atoms with E-state index in [2.05, 4.69) is 5.32 Å². The first-order valence-corrected chi connectivity index (χ1v) is 10.8. The van der Waals surface area contributed by atoms with Crippen LogP contribution in [0.4, 0.5) is 5.00 Å². The minimum absolute atomic E-state index is 0.125. The molecule has 1 N–H and O–H groups in total. The van der Waals surface area contributed by atoms with Crippen molar-refractivity contribution in [2.24, 2.45) is 0 Å². The Balaban J connectivity index is 1.76. The molecular weight excluding hydrogens is 428 g/mol. The van der Waals surface area contributed by atoms with Crippen LogP contribution in [0.3, 0.4) is 0 Å². The molecular formula is C21H23ClN2O5S. The number of halogens is 1. The van der Waals surface area contributed by atoms with Gasteiger partial charge >= 0.3 is 5.97 Å². The number of esters is 1. The van der Waals surface area contributed by atoms with Gasteiger partial charge in [-0.05, 0) is 56.0 Å². The van der Waals surface area contributed by atoms with Crippen molar-refractivity contribution in [3.05, 3.63) is 45.3 Å². The molecule has 0 spiro atoms. The number of likely N-dealkylation sites (tertiary alicyclic amines) is 1. The van der Waals surface area contributed by atoms with E-state index in [-0.39, 0.29) is 23.1 Å². The second kappa shape index (κ2) is 9.95. The van der Waals surface area contributed by atoms with Crippen LogP contribution in [-0.4, -0.2) is 49.5 Å². The Kier molecular flexibility index (Phi) is 7.33. The summed E-state index contributed by atoms with van der Waals surface area (Å²) < 4.78 is 10.3. The van der Waals surface area contributed by atoms with Gasteiger partial charge in [-0.2, -0.15) is 0 Å². The van der Waals surface area contributed by atoms with E-state index in [9.17, 15) is 14.4 Å². The van der Waals surface area contributed by atoms with Crippen molar-refractivity contribution in [1.82, 2.24) is 4.90 Å². The molecule has 160 valence electrons. The fraction of sp³-hybridized carbons (Fsp3) is 0.381. The summed E-state index contributed by atoms with van der Waals surface area (Å²) in [6.45, 7) is 2.83. The van der Waals surface area contributed by atoms with Gasteiger partial charge in [0, 0.05) is 18.1 Å².